The van der Waals surface area contributed by atoms with Crippen LogP contribution < -0.4 is 22.2 Å². The van der Waals surface area contributed by atoms with Gasteiger partial charge in [-0.1, -0.05) is 0 Å². The number of aliphatic hydroxyl groups is 1. The van der Waals surface area contributed by atoms with Crippen LogP contribution in [0.2, 0.25) is 0 Å². The number of likely N-dealkylation sites (N-methyl/N-ethyl adjacent to an activating group) is 1. The smallest absolute Gasteiger partial charge is 0.319 e. The number of urea groups is 1. The number of carbonyl (C=O) groups is 3. The maximum absolute atomic E-state index is 11.5. The van der Waals surface area contributed by atoms with Gasteiger partial charge in [0, 0.05) is 26.1 Å². The molecule has 0 rings (SSSR count). The molecule has 0 saturated heterocycles. The van der Waals surface area contributed by atoms with E-state index in [1.807, 2.05) is 0 Å². The molecule has 0 bridgehead atoms. The third kappa shape index (κ3) is 10.1. The number of amides is 3. The van der Waals surface area contributed by atoms with E-state index in [4.69, 9.17) is 16.6 Å². The van der Waals surface area contributed by atoms with Crippen LogP contribution in [0.15, 0.2) is 0 Å². The fourth-order valence-corrected chi connectivity index (χ4v) is 1.47. The molecule has 8 N–H and O–H groups in total. The van der Waals surface area contributed by atoms with Crippen molar-refractivity contribution >= 4 is 17.9 Å². The number of rotatable bonds is 9. The van der Waals surface area contributed by atoms with Crippen molar-refractivity contribution < 1.29 is 24.6 Å². The van der Waals surface area contributed by atoms with Crippen molar-refractivity contribution in [3.05, 3.63) is 0 Å². The molecule has 10 heteroatoms. The van der Waals surface area contributed by atoms with E-state index in [0.717, 1.165) is 5.01 Å². The maximum Gasteiger partial charge on any atom is 0.319 e. The summed E-state index contributed by atoms with van der Waals surface area (Å²) < 4.78 is 0. The second-order valence-electron chi connectivity index (χ2n) is 4.38. The minimum Gasteiger partial charge on any atom is -0.480 e. The molecule has 116 valence electrons. The van der Waals surface area contributed by atoms with Gasteiger partial charge in [-0.25, -0.2) is 9.80 Å². The Morgan fingerprint density at radius 1 is 1.35 bits per heavy atom. The summed E-state index contributed by atoms with van der Waals surface area (Å²) >= 11 is 0. The van der Waals surface area contributed by atoms with E-state index in [2.05, 4.69) is 10.7 Å². The Morgan fingerprint density at radius 2 is 1.95 bits per heavy atom. The van der Waals surface area contributed by atoms with Gasteiger partial charge in [0.25, 0.3) is 0 Å². The SMILES string of the molecule is CN(CC(=O)O)NC(=O)C[C@H](N)C[C@@H](O)CNC(N)=O. The lowest BCUT2D eigenvalue weighted by Gasteiger charge is -2.19. The molecule has 0 heterocycles. The minimum atomic E-state index is -1.08. The Hall–Kier alpha value is -1.91. The first-order valence-corrected chi connectivity index (χ1v) is 5.90. The van der Waals surface area contributed by atoms with Gasteiger partial charge in [0.1, 0.15) is 6.54 Å². The van der Waals surface area contributed by atoms with E-state index in [0.29, 0.717) is 0 Å². The number of hydrogen-bond acceptors (Lipinski definition) is 6. The number of aliphatic hydroxyl groups excluding tert-OH is 1. The highest BCUT2D eigenvalue weighted by atomic mass is 16.4. The lowest BCUT2D eigenvalue weighted by molar-refractivity contribution is -0.139. The van der Waals surface area contributed by atoms with Gasteiger partial charge >= 0.3 is 12.0 Å². The highest BCUT2D eigenvalue weighted by Gasteiger charge is 2.16. The van der Waals surface area contributed by atoms with Crippen molar-refractivity contribution in [2.75, 3.05) is 20.1 Å². The molecular weight excluding hydrogens is 270 g/mol. The van der Waals surface area contributed by atoms with Crippen LogP contribution in [0.25, 0.3) is 0 Å². The molecule has 0 saturated carbocycles. The van der Waals surface area contributed by atoms with Crippen LogP contribution in [-0.2, 0) is 9.59 Å². The first kappa shape index (κ1) is 18.1. The molecule has 0 unspecified atom stereocenters. The summed E-state index contributed by atoms with van der Waals surface area (Å²) in [6.07, 6.45) is -0.907. The van der Waals surface area contributed by atoms with E-state index in [1.165, 1.54) is 7.05 Å². The van der Waals surface area contributed by atoms with Gasteiger partial charge in [-0.3, -0.25) is 15.0 Å². The van der Waals surface area contributed by atoms with E-state index in [-0.39, 0.29) is 25.9 Å². The molecule has 0 aliphatic carbocycles. The Balaban J connectivity index is 3.94. The van der Waals surface area contributed by atoms with E-state index in [1.54, 1.807) is 0 Å². The monoisotopic (exact) mass is 291 g/mol. The number of aliphatic carboxylic acids is 1. The number of carboxylic acids is 1. The number of carboxylic acid groups (broad SMARTS) is 1. The Bertz CT molecular complexity index is 351. The summed E-state index contributed by atoms with van der Waals surface area (Å²) in [7, 11) is 1.41. The summed E-state index contributed by atoms with van der Waals surface area (Å²) in [6, 6.07) is -1.39. The number of hydrazine groups is 1. The number of nitrogens with two attached hydrogens (primary N) is 2. The van der Waals surface area contributed by atoms with Crippen LogP contribution in [0.4, 0.5) is 4.79 Å². The van der Waals surface area contributed by atoms with Crippen LogP contribution in [-0.4, -0.2) is 65.4 Å². The minimum absolute atomic E-state index is 0.0520. The third-order valence-corrected chi connectivity index (χ3v) is 2.22. The topological polar surface area (TPSA) is 171 Å². The average molecular weight is 291 g/mol. The number of carbonyl (C=O) groups excluding carboxylic acids is 2. The summed E-state index contributed by atoms with van der Waals surface area (Å²) in [5, 5.41) is 21.3. The van der Waals surface area contributed by atoms with Crippen molar-refractivity contribution in [2.45, 2.75) is 25.0 Å². The van der Waals surface area contributed by atoms with Crippen LogP contribution in [0.5, 0.6) is 0 Å². The number of nitrogens with zero attached hydrogens (tertiary/aromatic N) is 1. The highest BCUT2D eigenvalue weighted by Crippen LogP contribution is 2.00. The van der Waals surface area contributed by atoms with Crippen molar-refractivity contribution in [3.63, 3.8) is 0 Å². The van der Waals surface area contributed by atoms with Gasteiger partial charge in [-0.05, 0) is 6.42 Å². The van der Waals surface area contributed by atoms with Gasteiger partial charge in [0.2, 0.25) is 5.91 Å². The van der Waals surface area contributed by atoms with E-state index >= 15 is 0 Å². The van der Waals surface area contributed by atoms with Gasteiger partial charge in [0.05, 0.1) is 6.10 Å². The quantitative estimate of drug-likeness (QED) is 0.248. The molecule has 2 atom stereocenters. The molecule has 0 spiro atoms. The predicted octanol–water partition coefficient (Wildman–Crippen LogP) is -2.83. The second-order valence-corrected chi connectivity index (χ2v) is 4.38. The summed E-state index contributed by atoms with van der Waals surface area (Å²) in [5.41, 5.74) is 12.8. The van der Waals surface area contributed by atoms with Gasteiger partial charge in [0.15, 0.2) is 0 Å². The van der Waals surface area contributed by atoms with E-state index < -0.39 is 30.1 Å². The van der Waals surface area contributed by atoms with Crippen LogP contribution in [0.3, 0.4) is 0 Å². The standard InChI is InChI=1S/C10H21N5O5/c1-15(5-9(18)19)14-8(17)3-6(11)2-7(16)4-13-10(12)20/h6-7,16H,2-5,11H2,1H3,(H,14,17)(H,18,19)(H3,12,13,20)/t6-,7-/m1/s1. The van der Waals surface area contributed by atoms with Crippen molar-refractivity contribution in [3.8, 4) is 0 Å². The highest BCUT2D eigenvalue weighted by molar-refractivity contribution is 5.76. The fraction of sp³-hybridized carbons (Fsp3) is 0.700. The van der Waals surface area contributed by atoms with Crippen molar-refractivity contribution in [2.24, 2.45) is 11.5 Å². The molecule has 0 fully saturated rings. The fourth-order valence-electron chi connectivity index (χ4n) is 1.47. The van der Waals surface area contributed by atoms with Crippen LogP contribution >= 0.6 is 0 Å². The molecule has 0 aromatic rings. The van der Waals surface area contributed by atoms with Crippen LogP contribution in [0, 0.1) is 0 Å². The molecule has 0 aliphatic rings. The number of nitrogens with one attached hydrogen (secondary N) is 2. The lowest BCUT2D eigenvalue weighted by atomic mass is 10.1. The molecule has 10 nitrogen and oxygen atoms in total. The molecule has 20 heavy (non-hydrogen) atoms. The van der Waals surface area contributed by atoms with Gasteiger partial charge < -0.3 is 27.0 Å². The summed E-state index contributed by atoms with van der Waals surface area (Å²) in [6.45, 7) is -0.393. The Kier molecular flexibility index (Phi) is 8.20. The third-order valence-electron chi connectivity index (χ3n) is 2.22. The zero-order chi connectivity index (χ0) is 15.7. The van der Waals surface area contributed by atoms with Crippen molar-refractivity contribution in [1.82, 2.24) is 15.8 Å². The summed E-state index contributed by atoms with van der Waals surface area (Å²) in [5.74, 6) is -1.54. The molecule has 3 amide bonds. The zero-order valence-corrected chi connectivity index (χ0v) is 11.2. The number of primary amides is 1. The van der Waals surface area contributed by atoms with Gasteiger partial charge in [-0.15, -0.1) is 0 Å². The predicted molar refractivity (Wildman–Crippen MR) is 69.2 cm³/mol. The molecule has 0 aromatic carbocycles. The molecule has 0 aliphatic heterocycles. The van der Waals surface area contributed by atoms with Crippen molar-refractivity contribution in [1.29, 1.82) is 0 Å². The van der Waals surface area contributed by atoms with Crippen LogP contribution in [0.1, 0.15) is 12.8 Å². The largest absolute Gasteiger partial charge is 0.480 e. The Morgan fingerprint density at radius 3 is 2.45 bits per heavy atom. The number of hydrogen-bond donors (Lipinski definition) is 6. The molecule has 0 radical (unpaired) electrons. The normalized spacial score (nSPS) is 13.6. The first-order valence-electron chi connectivity index (χ1n) is 5.90. The summed E-state index contributed by atoms with van der Waals surface area (Å²) in [4.78, 5) is 32.3. The van der Waals surface area contributed by atoms with Gasteiger partial charge in [-0.2, -0.15) is 0 Å². The molecular formula is C10H21N5O5. The molecule has 0 aromatic heterocycles. The Labute approximate surface area is 116 Å². The maximum atomic E-state index is 11.5. The second kappa shape index (κ2) is 9.07. The first-order chi connectivity index (χ1) is 9.20. The van der Waals surface area contributed by atoms with E-state index in [9.17, 15) is 19.5 Å². The average Bonchev–Trinajstić information content (AvgIpc) is 2.24. The zero-order valence-electron chi connectivity index (χ0n) is 11.2. The lowest BCUT2D eigenvalue weighted by Crippen LogP contribution is -2.45.